The summed E-state index contributed by atoms with van der Waals surface area (Å²) in [6.45, 7) is 10.9. The Morgan fingerprint density at radius 1 is 0.923 bits per heavy atom. The number of carbonyl (C=O) groups is 1. The quantitative estimate of drug-likeness (QED) is 0.578. The van der Waals surface area contributed by atoms with Crippen LogP contribution < -0.4 is 0 Å². The predicted molar refractivity (Wildman–Crippen MR) is 101 cm³/mol. The van der Waals surface area contributed by atoms with Gasteiger partial charge in [0.25, 0.3) is 0 Å². The first-order valence-corrected chi connectivity index (χ1v) is 10.8. The van der Waals surface area contributed by atoms with E-state index in [-0.39, 0.29) is 16.2 Å². The summed E-state index contributed by atoms with van der Waals surface area (Å²) >= 11 is 0. The molecule has 5 atom stereocenters. The zero-order valence-electron chi connectivity index (χ0n) is 16.9. The van der Waals surface area contributed by atoms with Crippen molar-refractivity contribution in [3.63, 3.8) is 0 Å². The number of rotatable bonds is 0. The Balaban J connectivity index is 1.54. The van der Waals surface area contributed by atoms with Crippen molar-refractivity contribution in [1.29, 1.82) is 0 Å². The summed E-state index contributed by atoms with van der Waals surface area (Å²) < 4.78 is 12.4. The highest BCUT2D eigenvalue weighted by Crippen LogP contribution is 2.68. The van der Waals surface area contributed by atoms with Crippen LogP contribution >= 0.6 is 0 Å². The second-order valence-electron chi connectivity index (χ2n) is 10.6. The summed E-state index contributed by atoms with van der Waals surface area (Å²) in [6, 6.07) is 0. The van der Waals surface area contributed by atoms with Gasteiger partial charge in [-0.3, -0.25) is 4.79 Å². The van der Waals surface area contributed by atoms with Gasteiger partial charge in [0.1, 0.15) is 5.78 Å². The van der Waals surface area contributed by atoms with Crippen LogP contribution in [0.4, 0.5) is 0 Å². The van der Waals surface area contributed by atoms with Gasteiger partial charge in [0.2, 0.25) is 0 Å². The zero-order valence-corrected chi connectivity index (χ0v) is 16.9. The van der Waals surface area contributed by atoms with Crippen LogP contribution in [0.25, 0.3) is 0 Å². The maximum absolute atomic E-state index is 12.6. The fourth-order valence-corrected chi connectivity index (χ4v) is 8.06. The van der Waals surface area contributed by atoms with Crippen LogP contribution in [0.3, 0.4) is 0 Å². The van der Waals surface area contributed by atoms with Gasteiger partial charge < -0.3 is 9.47 Å². The molecule has 0 aromatic heterocycles. The SMILES string of the molecule is CC12CCC3C(CC=C4C3(C)CCC3(OCCO3)C4(C)C)C1CCC2=O. The minimum Gasteiger partial charge on any atom is -0.347 e. The van der Waals surface area contributed by atoms with E-state index in [9.17, 15) is 4.79 Å². The molecule has 26 heavy (non-hydrogen) atoms. The van der Waals surface area contributed by atoms with Crippen LogP contribution in [0.2, 0.25) is 0 Å². The van der Waals surface area contributed by atoms with Crippen LogP contribution in [0.15, 0.2) is 11.6 Å². The van der Waals surface area contributed by atoms with Crippen LogP contribution in [0.5, 0.6) is 0 Å². The number of allylic oxidation sites excluding steroid dienone is 1. The van der Waals surface area contributed by atoms with Crippen molar-refractivity contribution >= 4 is 5.78 Å². The van der Waals surface area contributed by atoms with Gasteiger partial charge in [-0.2, -0.15) is 0 Å². The van der Waals surface area contributed by atoms with Gasteiger partial charge in [-0.25, -0.2) is 0 Å². The van der Waals surface area contributed by atoms with Gasteiger partial charge >= 0.3 is 0 Å². The summed E-state index contributed by atoms with van der Waals surface area (Å²) in [5.41, 5.74) is 1.70. The molecule has 5 rings (SSSR count). The normalized spacial score (nSPS) is 48.7. The lowest BCUT2D eigenvalue weighted by molar-refractivity contribution is -0.246. The lowest BCUT2D eigenvalue weighted by Gasteiger charge is -2.62. The predicted octanol–water partition coefficient (Wildman–Crippen LogP) is 4.90. The number of ether oxygens (including phenoxy) is 2. The third-order valence-electron chi connectivity index (χ3n) is 9.53. The fourth-order valence-electron chi connectivity index (χ4n) is 8.06. The van der Waals surface area contributed by atoms with E-state index in [0.717, 1.165) is 51.7 Å². The highest BCUT2D eigenvalue weighted by molar-refractivity contribution is 5.87. The van der Waals surface area contributed by atoms with Crippen LogP contribution in [0, 0.1) is 34.0 Å². The standard InChI is InChI=1S/C23H34O3/c1-20(2)18-7-5-15-16-6-8-19(24)22(16,4)10-9-17(15)21(18,3)11-12-23(20)25-13-14-26-23/h7,15-17H,5-6,8-14H2,1-4H3. The molecule has 144 valence electrons. The molecule has 1 spiro atoms. The number of hydrogen-bond acceptors (Lipinski definition) is 3. The lowest BCUT2D eigenvalue weighted by Crippen LogP contribution is -2.59. The summed E-state index contributed by atoms with van der Waals surface area (Å²) in [7, 11) is 0. The second kappa shape index (κ2) is 5.23. The van der Waals surface area contributed by atoms with Crippen LogP contribution in [-0.2, 0) is 14.3 Å². The molecule has 4 aliphatic carbocycles. The molecule has 1 aliphatic heterocycles. The van der Waals surface area contributed by atoms with Crippen molar-refractivity contribution in [3.8, 4) is 0 Å². The number of fused-ring (bicyclic) bond motifs is 5. The first kappa shape index (κ1) is 17.4. The summed E-state index contributed by atoms with van der Waals surface area (Å²) in [5, 5.41) is 0. The summed E-state index contributed by atoms with van der Waals surface area (Å²) in [6.07, 6.45) is 10.1. The van der Waals surface area contributed by atoms with E-state index in [0.29, 0.717) is 23.5 Å². The van der Waals surface area contributed by atoms with Crippen molar-refractivity contribution in [1.82, 2.24) is 0 Å². The smallest absolute Gasteiger partial charge is 0.177 e. The number of hydrogen-bond donors (Lipinski definition) is 0. The largest absolute Gasteiger partial charge is 0.347 e. The minimum absolute atomic E-state index is 0.0358. The average molecular weight is 359 g/mol. The molecule has 1 heterocycles. The molecule has 0 aromatic carbocycles. The molecule has 3 nitrogen and oxygen atoms in total. The fraction of sp³-hybridized carbons (Fsp3) is 0.870. The molecule has 3 heteroatoms. The van der Waals surface area contributed by atoms with Gasteiger partial charge in [0.05, 0.1) is 13.2 Å². The van der Waals surface area contributed by atoms with E-state index in [1.165, 1.54) is 6.42 Å². The Morgan fingerprint density at radius 3 is 2.35 bits per heavy atom. The summed E-state index contributed by atoms with van der Waals surface area (Å²) in [5.74, 6) is 2.11. The number of Topliss-reactive ketones (excluding diaryl/α,β-unsaturated/α-hetero) is 1. The van der Waals surface area contributed by atoms with E-state index < -0.39 is 5.79 Å². The Bertz CT molecular complexity index is 671. The van der Waals surface area contributed by atoms with Crippen LogP contribution in [0.1, 0.15) is 72.6 Å². The molecular weight excluding hydrogens is 324 g/mol. The van der Waals surface area contributed by atoms with Crippen molar-refractivity contribution in [3.05, 3.63) is 11.6 Å². The van der Waals surface area contributed by atoms with E-state index in [4.69, 9.17) is 9.47 Å². The number of carbonyl (C=O) groups excluding carboxylic acids is 1. The Hall–Kier alpha value is -0.670. The molecule has 5 aliphatic rings. The highest BCUT2D eigenvalue weighted by atomic mass is 16.7. The average Bonchev–Trinajstić information content (AvgIpc) is 3.19. The third-order valence-corrected chi connectivity index (χ3v) is 9.53. The van der Waals surface area contributed by atoms with E-state index in [1.807, 2.05) is 0 Å². The van der Waals surface area contributed by atoms with Gasteiger partial charge in [-0.15, -0.1) is 0 Å². The monoisotopic (exact) mass is 358 g/mol. The Kier molecular flexibility index (Phi) is 3.50. The zero-order chi connectivity index (χ0) is 18.4. The van der Waals surface area contributed by atoms with Crippen molar-refractivity contribution in [2.45, 2.75) is 78.4 Å². The maximum atomic E-state index is 12.6. The Morgan fingerprint density at radius 2 is 1.62 bits per heavy atom. The number of ketones is 1. The lowest BCUT2D eigenvalue weighted by atomic mass is 9.44. The van der Waals surface area contributed by atoms with Gasteiger partial charge in [-0.05, 0) is 55.3 Å². The van der Waals surface area contributed by atoms with Crippen molar-refractivity contribution in [2.75, 3.05) is 13.2 Å². The van der Waals surface area contributed by atoms with Gasteiger partial charge in [0, 0.05) is 23.7 Å². The molecule has 0 amide bonds. The molecule has 3 saturated carbocycles. The molecule has 0 radical (unpaired) electrons. The Labute approximate surface area is 157 Å². The molecular formula is C23H34O3. The van der Waals surface area contributed by atoms with Crippen molar-refractivity contribution in [2.24, 2.45) is 34.0 Å². The highest BCUT2D eigenvalue weighted by Gasteiger charge is 2.65. The molecule has 0 bridgehead atoms. The summed E-state index contributed by atoms with van der Waals surface area (Å²) in [4.78, 5) is 12.6. The topological polar surface area (TPSA) is 35.5 Å². The van der Waals surface area contributed by atoms with Crippen LogP contribution in [-0.4, -0.2) is 24.8 Å². The molecule has 5 unspecified atom stereocenters. The first-order valence-electron chi connectivity index (χ1n) is 10.8. The van der Waals surface area contributed by atoms with E-state index in [1.54, 1.807) is 5.57 Å². The minimum atomic E-state index is -0.419. The van der Waals surface area contributed by atoms with Crippen molar-refractivity contribution < 1.29 is 14.3 Å². The van der Waals surface area contributed by atoms with E-state index >= 15 is 0 Å². The molecule has 1 saturated heterocycles. The molecule has 4 fully saturated rings. The maximum Gasteiger partial charge on any atom is 0.177 e. The molecule has 0 aromatic rings. The third kappa shape index (κ3) is 1.90. The van der Waals surface area contributed by atoms with Gasteiger partial charge in [0.15, 0.2) is 5.79 Å². The molecule has 0 N–H and O–H groups in total. The second-order valence-corrected chi connectivity index (χ2v) is 10.6. The van der Waals surface area contributed by atoms with Gasteiger partial charge in [-0.1, -0.05) is 39.3 Å². The van der Waals surface area contributed by atoms with E-state index in [2.05, 4.69) is 33.8 Å². The first-order chi connectivity index (χ1) is 12.2.